The molecule has 3 rings (SSSR count). The lowest BCUT2D eigenvalue weighted by Crippen LogP contribution is -2.29. The number of ether oxygens (including phenoxy) is 2. The molecule has 0 radical (unpaired) electrons. The van der Waals surface area contributed by atoms with Crippen LogP contribution in [0.2, 0.25) is 5.02 Å². The van der Waals surface area contributed by atoms with Crippen LogP contribution in [0.25, 0.3) is 0 Å². The molecule has 1 atom stereocenters. The summed E-state index contributed by atoms with van der Waals surface area (Å²) in [4.78, 5) is 14.4. The largest absolute Gasteiger partial charge is 0.486 e. The second-order valence-corrected chi connectivity index (χ2v) is 9.95. The number of nitrogens with one attached hydrogen (secondary N) is 1. The van der Waals surface area contributed by atoms with Crippen LogP contribution in [0, 0.1) is 0 Å². The normalized spacial score (nSPS) is 14.1. The summed E-state index contributed by atoms with van der Waals surface area (Å²) >= 11 is 6.04. The first-order valence-corrected chi connectivity index (χ1v) is 12.5. The Hall–Kier alpha value is -2.29. The highest BCUT2D eigenvalue weighted by molar-refractivity contribution is 7.89. The van der Waals surface area contributed by atoms with Crippen molar-refractivity contribution in [1.82, 2.24) is 9.62 Å². The highest BCUT2D eigenvalue weighted by atomic mass is 35.5. The van der Waals surface area contributed by atoms with E-state index in [1.807, 2.05) is 31.2 Å². The van der Waals surface area contributed by atoms with Crippen LogP contribution in [0.5, 0.6) is 11.5 Å². The first-order chi connectivity index (χ1) is 15.3. The standard InChI is InChI=1S/C23H29ClN2O5S/c1-17(18-7-6-8-19(24)15-18)26(2)23(27)9-4-3-5-12-25-32(28,29)20-10-11-21-22(16-20)31-14-13-30-21/h6-8,10-11,15-17,25H,3-5,9,12-14H2,1-2H3. The second-order valence-electron chi connectivity index (χ2n) is 7.75. The number of hydrogen-bond donors (Lipinski definition) is 1. The number of unbranched alkanes of at least 4 members (excludes halogenated alkanes) is 2. The van der Waals surface area contributed by atoms with Gasteiger partial charge in [0.15, 0.2) is 11.5 Å². The Bertz CT molecular complexity index is 1040. The number of fused-ring (bicyclic) bond motifs is 1. The van der Waals surface area contributed by atoms with Crippen LogP contribution < -0.4 is 14.2 Å². The smallest absolute Gasteiger partial charge is 0.240 e. The van der Waals surface area contributed by atoms with E-state index in [-0.39, 0.29) is 16.8 Å². The van der Waals surface area contributed by atoms with Crippen molar-refractivity contribution in [3.05, 3.63) is 53.1 Å². The van der Waals surface area contributed by atoms with Crippen LogP contribution in [0.15, 0.2) is 47.4 Å². The Labute approximate surface area is 194 Å². The molecule has 2 aromatic rings. The summed E-state index contributed by atoms with van der Waals surface area (Å²) in [6.07, 6.45) is 2.49. The Kier molecular flexibility index (Phi) is 8.39. The van der Waals surface area contributed by atoms with Crippen LogP contribution in [0.1, 0.15) is 44.2 Å². The van der Waals surface area contributed by atoms with Gasteiger partial charge in [-0.05, 0) is 49.6 Å². The van der Waals surface area contributed by atoms with Gasteiger partial charge >= 0.3 is 0 Å². The van der Waals surface area contributed by atoms with Crippen molar-refractivity contribution in [2.75, 3.05) is 26.8 Å². The summed E-state index contributed by atoms with van der Waals surface area (Å²) in [5.41, 5.74) is 0.988. The van der Waals surface area contributed by atoms with E-state index in [2.05, 4.69) is 4.72 Å². The Balaban J connectivity index is 1.39. The molecule has 0 saturated carbocycles. The maximum atomic E-state index is 12.5. The Morgan fingerprint density at radius 3 is 2.59 bits per heavy atom. The number of rotatable bonds is 10. The molecule has 32 heavy (non-hydrogen) atoms. The lowest BCUT2D eigenvalue weighted by atomic mass is 10.1. The highest BCUT2D eigenvalue weighted by Crippen LogP contribution is 2.32. The maximum Gasteiger partial charge on any atom is 0.240 e. The molecule has 1 unspecified atom stereocenters. The molecule has 1 N–H and O–H groups in total. The number of halogens is 1. The molecular formula is C23H29ClN2O5S. The zero-order valence-electron chi connectivity index (χ0n) is 18.3. The topological polar surface area (TPSA) is 84.9 Å². The average molecular weight is 481 g/mol. The van der Waals surface area contributed by atoms with Crippen molar-refractivity contribution in [3.8, 4) is 11.5 Å². The van der Waals surface area contributed by atoms with Crippen LogP contribution in [0.3, 0.4) is 0 Å². The van der Waals surface area contributed by atoms with E-state index in [0.29, 0.717) is 55.5 Å². The van der Waals surface area contributed by atoms with Crippen molar-refractivity contribution < 1.29 is 22.7 Å². The number of amides is 1. The van der Waals surface area contributed by atoms with Gasteiger partial charge in [0.05, 0.1) is 10.9 Å². The molecule has 0 fully saturated rings. The summed E-state index contributed by atoms with van der Waals surface area (Å²) < 4.78 is 38.5. The summed E-state index contributed by atoms with van der Waals surface area (Å²) in [6.45, 7) is 3.13. The van der Waals surface area contributed by atoms with Gasteiger partial charge in [-0.1, -0.05) is 30.2 Å². The first-order valence-electron chi connectivity index (χ1n) is 10.7. The van der Waals surface area contributed by atoms with E-state index < -0.39 is 10.0 Å². The van der Waals surface area contributed by atoms with E-state index >= 15 is 0 Å². The van der Waals surface area contributed by atoms with Crippen molar-refractivity contribution in [3.63, 3.8) is 0 Å². The Morgan fingerprint density at radius 2 is 1.84 bits per heavy atom. The minimum absolute atomic E-state index is 0.0503. The fourth-order valence-electron chi connectivity index (χ4n) is 3.44. The fraction of sp³-hybridized carbons (Fsp3) is 0.435. The molecule has 0 aromatic heterocycles. The minimum atomic E-state index is -3.63. The summed E-state index contributed by atoms with van der Waals surface area (Å²) in [6, 6.07) is 12.0. The van der Waals surface area contributed by atoms with Gasteiger partial charge in [-0.15, -0.1) is 0 Å². The van der Waals surface area contributed by atoms with Gasteiger partial charge in [0.2, 0.25) is 15.9 Å². The lowest BCUT2D eigenvalue weighted by Gasteiger charge is -2.25. The average Bonchev–Trinajstić information content (AvgIpc) is 2.79. The molecular weight excluding hydrogens is 452 g/mol. The molecule has 174 valence electrons. The van der Waals surface area contributed by atoms with Crippen molar-refractivity contribution in [2.24, 2.45) is 0 Å². The third kappa shape index (κ3) is 6.37. The number of carbonyl (C=O) groups excluding carboxylic acids is 1. The van der Waals surface area contributed by atoms with Gasteiger partial charge in [0.1, 0.15) is 13.2 Å². The zero-order chi connectivity index (χ0) is 23.1. The van der Waals surface area contributed by atoms with E-state index in [1.165, 1.54) is 12.1 Å². The molecule has 0 spiro atoms. The molecule has 0 aliphatic carbocycles. The van der Waals surface area contributed by atoms with E-state index in [9.17, 15) is 13.2 Å². The predicted octanol–water partition coefficient (Wildman–Crippen LogP) is 4.17. The van der Waals surface area contributed by atoms with Crippen LogP contribution in [0.4, 0.5) is 0 Å². The molecule has 0 bridgehead atoms. The molecule has 1 aliphatic heterocycles. The van der Waals surface area contributed by atoms with Gasteiger partial charge in [0.25, 0.3) is 0 Å². The number of carbonyl (C=O) groups is 1. The first kappa shape index (κ1) is 24.4. The molecule has 2 aromatic carbocycles. The molecule has 7 nitrogen and oxygen atoms in total. The number of nitrogens with zero attached hydrogens (tertiary/aromatic N) is 1. The number of benzene rings is 2. The molecule has 1 amide bonds. The second kappa shape index (κ2) is 11.0. The van der Waals surface area contributed by atoms with E-state index in [0.717, 1.165) is 12.0 Å². The van der Waals surface area contributed by atoms with Gasteiger partial charge in [0, 0.05) is 31.1 Å². The van der Waals surface area contributed by atoms with Crippen molar-refractivity contribution in [1.29, 1.82) is 0 Å². The zero-order valence-corrected chi connectivity index (χ0v) is 19.9. The van der Waals surface area contributed by atoms with Crippen LogP contribution in [-0.2, 0) is 14.8 Å². The SMILES string of the molecule is CC(c1cccc(Cl)c1)N(C)C(=O)CCCCCNS(=O)(=O)c1ccc2c(c1)OCCO2. The quantitative estimate of drug-likeness (QED) is 0.516. The van der Waals surface area contributed by atoms with Gasteiger partial charge in [-0.25, -0.2) is 13.1 Å². The van der Waals surface area contributed by atoms with E-state index in [4.69, 9.17) is 21.1 Å². The van der Waals surface area contributed by atoms with Gasteiger partial charge < -0.3 is 14.4 Å². The molecule has 0 saturated heterocycles. The summed E-state index contributed by atoms with van der Waals surface area (Å²) in [5.74, 6) is 1.04. The van der Waals surface area contributed by atoms with Gasteiger partial charge in [-0.3, -0.25) is 4.79 Å². The summed E-state index contributed by atoms with van der Waals surface area (Å²) in [7, 11) is -1.84. The van der Waals surface area contributed by atoms with E-state index in [1.54, 1.807) is 18.0 Å². The summed E-state index contributed by atoms with van der Waals surface area (Å²) in [5, 5.41) is 0.647. The van der Waals surface area contributed by atoms with Gasteiger partial charge in [-0.2, -0.15) is 0 Å². The van der Waals surface area contributed by atoms with Crippen molar-refractivity contribution in [2.45, 2.75) is 43.5 Å². The van der Waals surface area contributed by atoms with Crippen molar-refractivity contribution >= 4 is 27.5 Å². The molecule has 1 heterocycles. The minimum Gasteiger partial charge on any atom is -0.486 e. The fourth-order valence-corrected chi connectivity index (χ4v) is 4.73. The molecule has 1 aliphatic rings. The monoisotopic (exact) mass is 480 g/mol. The number of hydrogen-bond acceptors (Lipinski definition) is 5. The van der Waals surface area contributed by atoms with Crippen LogP contribution >= 0.6 is 11.6 Å². The number of sulfonamides is 1. The Morgan fingerprint density at radius 1 is 1.09 bits per heavy atom. The molecule has 9 heteroatoms. The predicted molar refractivity (Wildman–Crippen MR) is 124 cm³/mol. The highest BCUT2D eigenvalue weighted by Gasteiger charge is 2.19. The third-order valence-electron chi connectivity index (χ3n) is 5.49. The lowest BCUT2D eigenvalue weighted by molar-refractivity contribution is -0.131. The third-order valence-corrected chi connectivity index (χ3v) is 7.18. The van der Waals surface area contributed by atoms with Crippen LogP contribution in [-0.4, -0.2) is 46.0 Å². The maximum absolute atomic E-state index is 12.5.